The van der Waals surface area contributed by atoms with Gasteiger partial charge in [-0.2, -0.15) is 0 Å². The van der Waals surface area contributed by atoms with Crippen molar-refractivity contribution in [1.29, 1.82) is 0 Å². The molecule has 1 rings (SSSR count). The number of nitrogens with zero attached hydrogens (tertiary/aromatic N) is 2. The molecule has 1 aromatic carbocycles. The van der Waals surface area contributed by atoms with Crippen molar-refractivity contribution in [2.24, 2.45) is 0 Å². The first-order valence-corrected chi connectivity index (χ1v) is 5.86. The second-order valence-electron chi connectivity index (χ2n) is 4.33. The van der Waals surface area contributed by atoms with Gasteiger partial charge >= 0.3 is 6.03 Å². The Morgan fingerprint density at radius 1 is 1.37 bits per heavy atom. The fourth-order valence-electron chi connectivity index (χ4n) is 1.47. The molecule has 0 aliphatic rings. The van der Waals surface area contributed by atoms with Gasteiger partial charge in [0.2, 0.25) is 0 Å². The van der Waals surface area contributed by atoms with Crippen LogP contribution in [0.2, 0.25) is 0 Å². The molecule has 0 aliphatic heterocycles. The number of urea groups is 1. The quantitative estimate of drug-likeness (QED) is 0.481. The van der Waals surface area contributed by atoms with Gasteiger partial charge in [-0.25, -0.2) is 4.79 Å². The van der Waals surface area contributed by atoms with Crippen LogP contribution in [0, 0.1) is 17.0 Å². The van der Waals surface area contributed by atoms with Crippen LogP contribution in [-0.4, -0.2) is 43.0 Å². The molecular formula is C12H18N4O3. The smallest absolute Gasteiger partial charge is 0.316 e. The van der Waals surface area contributed by atoms with Crippen molar-refractivity contribution in [3.05, 3.63) is 33.9 Å². The van der Waals surface area contributed by atoms with E-state index in [2.05, 4.69) is 10.6 Å². The van der Waals surface area contributed by atoms with Crippen molar-refractivity contribution >= 4 is 17.4 Å². The minimum atomic E-state index is -0.423. The Labute approximate surface area is 111 Å². The Bertz CT molecular complexity index is 474. The summed E-state index contributed by atoms with van der Waals surface area (Å²) in [5.41, 5.74) is 1.33. The van der Waals surface area contributed by atoms with E-state index >= 15 is 0 Å². The maximum Gasteiger partial charge on any atom is 0.316 e. The molecule has 0 saturated carbocycles. The first-order chi connectivity index (χ1) is 8.91. The van der Waals surface area contributed by atoms with Gasteiger partial charge in [0.05, 0.1) is 4.92 Å². The lowest BCUT2D eigenvalue weighted by Crippen LogP contribution is -2.37. The van der Waals surface area contributed by atoms with E-state index in [1.165, 1.54) is 11.0 Å². The lowest BCUT2D eigenvalue weighted by atomic mass is 10.2. The third-order valence-electron chi connectivity index (χ3n) is 2.47. The minimum absolute atomic E-state index is 0.0407. The van der Waals surface area contributed by atoms with Gasteiger partial charge in [-0.15, -0.1) is 0 Å². The van der Waals surface area contributed by atoms with E-state index in [1.54, 1.807) is 33.2 Å². The number of anilines is 1. The van der Waals surface area contributed by atoms with E-state index in [0.717, 1.165) is 5.56 Å². The molecule has 104 valence electrons. The lowest BCUT2D eigenvalue weighted by molar-refractivity contribution is -0.384. The van der Waals surface area contributed by atoms with Gasteiger partial charge in [0.1, 0.15) is 5.69 Å². The predicted molar refractivity (Wildman–Crippen MR) is 73.4 cm³/mol. The number of carbonyl (C=O) groups excluding carboxylic acids is 1. The number of amides is 2. The normalized spacial score (nSPS) is 9.84. The summed E-state index contributed by atoms with van der Waals surface area (Å²) in [5, 5.41) is 16.5. The molecule has 0 heterocycles. The highest BCUT2D eigenvalue weighted by molar-refractivity contribution is 5.73. The topological polar surface area (TPSA) is 87.5 Å². The van der Waals surface area contributed by atoms with E-state index in [1.807, 2.05) is 0 Å². The van der Waals surface area contributed by atoms with Gasteiger partial charge in [0, 0.05) is 33.3 Å². The zero-order valence-corrected chi connectivity index (χ0v) is 11.3. The van der Waals surface area contributed by atoms with Crippen molar-refractivity contribution < 1.29 is 9.72 Å². The summed E-state index contributed by atoms with van der Waals surface area (Å²) in [6, 6.07) is 4.79. The molecule has 0 bridgehead atoms. The van der Waals surface area contributed by atoms with Crippen LogP contribution in [0.5, 0.6) is 0 Å². The van der Waals surface area contributed by atoms with Crippen LogP contribution in [0.25, 0.3) is 0 Å². The van der Waals surface area contributed by atoms with E-state index in [0.29, 0.717) is 18.8 Å². The molecule has 19 heavy (non-hydrogen) atoms. The van der Waals surface area contributed by atoms with Gasteiger partial charge in [-0.05, 0) is 18.6 Å². The summed E-state index contributed by atoms with van der Waals surface area (Å²) >= 11 is 0. The van der Waals surface area contributed by atoms with E-state index in [9.17, 15) is 14.9 Å². The third kappa shape index (κ3) is 4.46. The van der Waals surface area contributed by atoms with Crippen LogP contribution in [-0.2, 0) is 0 Å². The number of benzene rings is 1. The Morgan fingerprint density at radius 3 is 2.63 bits per heavy atom. The van der Waals surface area contributed by atoms with Gasteiger partial charge in [0.15, 0.2) is 0 Å². The number of nitro groups is 1. The molecular weight excluding hydrogens is 248 g/mol. The van der Waals surface area contributed by atoms with Gasteiger partial charge in [-0.3, -0.25) is 10.1 Å². The van der Waals surface area contributed by atoms with Crippen LogP contribution < -0.4 is 10.6 Å². The van der Waals surface area contributed by atoms with Gasteiger partial charge < -0.3 is 15.5 Å². The Hall–Kier alpha value is -2.31. The average Bonchev–Trinajstić information content (AvgIpc) is 2.35. The maximum absolute atomic E-state index is 11.3. The Balaban J connectivity index is 2.54. The third-order valence-corrected chi connectivity index (χ3v) is 2.47. The number of rotatable bonds is 5. The van der Waals surface area contributed by atoms with Crippen molar-refractivity contribution in [3.8, 4) is 0 Å². The fourth-order valence-corrected chi connectivity index (χ4v) is 1.47. The molecule has 2 amide bonds. The van der Waals surface area contributed by atoms with Crippen LogP contribution in [0.1, 0.15) is 5.56 Å². The molecule has 1 aromatic rings. The maximum atomic E-state index is 11.3. The number of nitrogens with one attached hydrogen (secondary N) is 2. The van der Waals surface area contributed by atoms with E-state index in [-0.39, 0.29) is 11.7 Å². The van der Waals surface area contributed by atoms with Crippen LogP contribution in [0.15, 0.2) is 18.2 Å². The van der Waals surface area contributed by atoms with Crippen LogP contribution >= 0.6 is 0 Å². The monoisotopic (exact) mass is 266 g/mol. The van der Waals surface area contributed by atoms with Crippen molar-refractivity contribution in [1.82, 2.24) is 10.2 Å². The van der Waals surface area contributed by atoms with Crippen LogP contribution in [0.4, 0.5) is 16.2 Å². The molecule has 0 radical (unpaired) electrons. The molecule has 7 heteroatoms. The number of nitro benzene ring substituents is 1. The second kappa shape index (κ2) is 6.58. The lowest BCUT2D eigenvalue weighted by Gasteiger charge is -2.12. The summed E-state index contributed by atoms with van der Waals surface area (Å²) in [5.74, 6) is 0. The number of hydrogen-bond donors (Lipinski definition) is 2. The molecule has 0 fully saturated rings. The predicted octanol–water partition coefficient (Wildman–Crippen LogP) is 1.59. The first kappa shape index (κ1) is 14.7. The molecule has 2 N–H and O–H groups in total. The molecule has 0 unspecified atom stereocenters. The molecule has 0 atom stereocenters. The summed E-state index contributed by atoms with van der Waals surface area (Å²) < 4.78 is 0. The highest BCUT2D eigenvalue weighted by Gasteiger charge is 2.13. The van der Waals surface area contributed by atoms with Crippen molar-refractivity contribution in [2.45, 2.75) is 6.92 Å². The number of aryl methyl sites for hydroxylation is 1. The zero-order valence-electron chi connectivity index (χ0n) is 11.3. The summed E-state index contributed by atoms with van der Waals surface area (Å²) in [4.78, 5) is 23.1. The average molecular weight is 266 g/mol. The standard InChI is InChI=1S/C12H18N4O3/c1-9-4-5-10(11(8-9)16(18)19)13-6-7-14-12(17)15(2)3/h4-5,8,13H,6-7H2,1-3H3,(H,14,17). The van der Waals surface area contributed by atoms with Crippen molar-refractivity contribution in [3.63, 3.8) is 0 Å². The largest absolute Gasteiger partial charge is 0.378 e. The van der Waals surface area contributed by atoms with E-state index < -0.39 is 4.92 Å². The van der Waals surface area contributed by atoms with Crippen LogP contribution in [0.3, 0.4) is 0 Å². The number of carbonyl (C=O) groups is 1. The first-order valence-electron chi connectivity index (χ1n) is 5.86. The Morgan fingerprint density at radius 2 is 2.05 bits per heavy atom. The van der Waals surface area contributed by atoms with Gasteiger partial charge in [0.25, 0.3) is 5.69 Å². The SMILES string of the molecule is Cc1ccc(NCCNC(=O)N(C)C)c([N+](=O)[O-])c1. The Kier molecular flexibility index (Phi) is 5.11. The molecule has 7 nitrogen and oxygen atoms in total. The molecule has 0 spiro atoms. The molecule has 0 aliphatic carbocycles. The van der Waals surface area contributed by atoms with E-state index in [4.69, 9.17) is 0 Å². The summed E-state index contributed by atoms with van der Waals surface area (Å²) in [6.07, 6.45) is 0. The highest BCUT2D eigenvalue weighted by Crippen LogP contribution is 2.24. The molecule has 0 aromatic heterocycles. The van der Waals surface area contributed by atoms with Gasteiger partial charge in [-0.1, -0.05) is 6.07 Å². The second-order valence-corrected chi connectivity index (χ2v) is 4.33. The summed E-state index contributed by atoms with van der Waals surface area (Å²) in [7, 11) is 3.29. The molecule has 0 saturated heterocycles. The summed E-state index contributed by atoms with van der Waals surface area (Å²) in [6.45, 7) is 2.61. The minimum Gasteiger partial charge on any atom is -0.378 e. The zero-order chi connectivity index (χ0) is 14.4. The fraction of sp³-hybridized carbons (Fsp3) is 0.417. The number of hydrogen-bond acceptors (Lipinski definition) is 4. The highest BCUT2D eigenvalue weighted by atomic mass is 16.6. The van der Waals surface area contributed by atoms with Crippen molar-refractivity contribution in [2.75, 3.05) is 32.5 Å².